The number of carbonyl (C=O) groups is 2. The molecule has 2 saturated heterocycles. The number of unbranched alkanes of at least 4 members (excludes halogenated alkanes) is 2. The topological polar surface area (TPSA) is 143 Å². The smallest absolute Gasteiger partial charge is 0.329 e. The molecule has 1 unspecified atom stereocenters. The number of piperazine rings is 1. The van der Waals surface area contributed by atoms with E-state index in [-0.39, 0.29) is 35.2 Å². The first-order chi connectivity index (χ1) is 30.6. The minimum Gasteiger partial charge on any atom is -0.393 e. The fraction of sp³-hybridized carbons (Fsp3) is 0.396. The molecule has 3 aromatic heterocycles. The van der Waals surface area contributed by atoms with E-state index in [2.05, 4.69) is 72.3 Å². The molecule has 9 rings (SSSR count). The molecule has 63 heavy (non-hydrogen) atoms. The number of aliphatic hydroxyl groups is 1. The molecule has 3 fully saturated rings. The Labute approximate surface area is 369 Å². The summed E-state index contributed by atoms with van der Waals surface area (Å²) < 4.78 is 19.3. The summed E-state index contributed by atoms with van der Waals surface area (Å²) in [7, 11) is 1.69. The summed E-state index contributed by atoms with van der Waals surface area (Å²) in [5.41, 5.74) is 6.58. The fourth-order valence-corrected chi connectivity index (χ4v) is 9.51. The van der Waals surface area contributed by atoms with E-state index < -0.39 is 17.8 Å². The summed E-state index contributed by atoms with van der Waals surface area (Å²) >= 11 is 6.10. The van der Waals surface area contributed by atoms with E-state index in [1.165, 1.54) is 26.8 Å². The number of hydrogen-bond donors (Lipinski definition) is 3. The molecular formula is C48H51ClFN9O4. The van der Waals surface area contributed by atoms with E-state index in [4.69, 9.17) is 16.6 Å². The van der Waals surface area contributed by atoms with Crippen LogP contribution >= 0.6 is 11.6 Å². The predicted molar refractivity (Wildman–Crippen MR) is 242 cm³/mol. The number of aliphatic hydroxyl groups excluding tert-OH is 1. The molecule has 15 heteroatoms. The molecule has 2 amide bonds. The normalized spacial score (nSPS) is 19.9. The van der Waals surface area contributed by atoms with Crippen molar-refractivity contribution in [2.75, 3.05) is 38.0 Å². The quantitative estimate of drug-likeness (QED) is 0.0708. The Kier molecular flexibility index (Phi) is 12.4. The molecule has 0 bridgehead atoms. The number of amides is 2. The molecular weight excluding hydrogens is 821 g/mol. The van der Waals surface area contributed by atoms with Crippen LogP contribution in [0.25, 0.3) is 33.2 Å². The molecule has 1 aliphatic carbocycles. The number of aryl methyl sites for hydroxylation is 1. The van der Waals surface area contributed by atoms with Crippen molar-refractivity contribution < 1.29 is 19.1 Å². The number of imide groups is 1. The number of carbonyl (C=O) groups excluding carboxylic acids is 2. The van der Waals surface area contributed by atoms with Gasteiger partial charge in [-0.3, -0.25) is 28.9 Å². The van der Waals surface area contributed by atoms with Gasteiger partial charge < -0.3 is 19.9 Å². The molecule has 6 aromatic rings. The largest absolute Gasteiger partial charge is 0.393 e. The van der Waals surface area contributed by atoms with E-state index >= 15 is 0 Å². The highest BCUT2D eigenvalue weighted by Gasteiger charge is 2.31. The van der Waals surface area contributed by atoms with E-state index in [1.807, 2.05) is 24.4 Å². The summed E-state index contributed by atoms with van der Waals surface area (Å²) in [4.78, 5) is 51.8. The van der Waals surface area contributed by atoms with Gasteiger partial charge in [-0.25, -0.2) is 14.2 Å². The summed E-state index contributed by atoms with van der Waals surface area (Å²) in [6.07, 6.45) is 10.3. The molecule has 326 valence electrons. The lowest BCUT2D eigenvalue weighted by Gasteiger charge is -2.34. The minimum atomic E-state index is -0.705. The Bertz CT molecular complexity index is 2770. The minimum absolute atomic E-state index is 0.200. The van der Waals surface area contributed by atoms with Crippen molar-refractivity contribution >= 4 is 57.1 Å². The summed E-state index contributed by atoms with van der Waals surface area (Å²) in [5.74, 6) is 5.72. The van der Waals surface area contributed by atoms with Crippen LogP contribution in [-0.2, 0) is 23.2 Å². The number of halogens is 2. The zero-order valence-corrected chi connectivity index (χ0v) is 36.1. The Morgan fingerprint density at radius 2 is 1.70 bits per heavy atom. The van der Waals surface area contributed by atoms with Crippen LogP contribution in [0.3, 0.4) is 0 Å². The monoisotopic (exact) mass is 871 g/mol. The Morgan fingerprint density at radius 1 is 0.921 bits per heavy atom. The third-order valence-electron chi connectivity index (χ3n) is 12.8. The number of rotatable bonds is 11. The van der Waals surface area contributed by atoms with Crippen molar-refractivity contribution in [3.8, 4) is 23.0 Å². The zero-order chi connectivity index (χ0) is 43.6. The Balaban J connectivity index is 0.767. The highest BCUT2D eigenvalue weighted by Crippen LogP contribution is 2.37. The van der Waals surface area contributed by atoms with E-state index in [9.17, 15) is 23.9 Å². The molecule has 3 aromatic carbocycles. The molecule has 0 spiro atoms. The third-order valence-corrected chi connectivity index (χ3v) is 13.0. The average molecular weight is 872 g/mol. The van der Waals surface area contributed by atoms with Gasteiger partial charge in [0.1, 0.15) is 17.5 Å². The third kappa shape index (κ3) is 9.43. The molecule has 1 saturated carbocycles. The highest BCUT2D eigenvalue weighted by molar-refractivity contribution is 6.30. The number of nitrogens with one attached hydrogen (secondary N) is 2. The zero-order valence-electron chi connectivity index (χ0n) is 35.3. The molecule has 2 aliphatic heterocycles. The van der Waals surface area contributed by atoms with Crippen LogP contribution in [0.5, 0.6) is 0 Å². The van der Waals surface area contributed by atoms with Gasteiger partial charge in [-0.2, -0.15) is 4.98 Å². The molecule has 5 heterocycles. The number of piperidine rings is 1. The second-order valence-electron chi connectivity index (χ2n) is 17.1. The molecule has 3 N–H and O–H groups in total. The molecule has 1 atom stereocenters. The molecule has 13 nitrogen and oxygen atoms in total. The SMILES string of the molecule is Cn1c(=O)n(C2CCC(=O)NC2=O)c2ccc(C#CCCCCN3CCN(Cc4ccc(-c5cn(C6CCC(O)CC6)c6nc(Nc7cc(F)cc(Cl)c7)ncc56)cc4)CC3)cc21. The van der Waals surface area contributed by atoms with Gasteiger partial charge in [0.25, 0.3) is 0 Å². The first-order valence-corrected chi connectivity index (χ1v) is 22.3. The summed E-state index contributed by atoms with van der Waals surface area (Å²) in [5, 5.41) is 16.9. The van der Waals surface area contributed by atoms with Crippen molar-refractivity contribution in [2.24, 2.45) is 7.05 Å². The summed E-state index contributed by atoms with van der Waals surface area (Å²) in [6.45, 7) is 6.01. The van der Waals surface area contributed by atoms with E-state index in [0.29, 0.717) is 29.1 Å². The van der Waals surface area contributed by atoms with Crippen LogP contribution in [-0.4, -0.2) is 89.2 Å². The lowest BCUT2D eigenvalue weighted by Crippen LogP contribution is -2.46. The summed E-state index contributed by atoms with van der Waals surface area (Å²) in [6, 6.07) is 18.2. The number of hydrogen-bond acceptors (Lipinski definition) is 9. The van der Waals surface area contributed by atoms with Crippen LogP contribution < -0.4 is 16.3 Å². The number of imidazole rings is 1. The van der Waals surface area contributed by atoms with Crippen LogP contribution in [0.15, 0.2) is 77.9 Å². The van der Waals surface area contributed by atoms with Crippen molar-refractivity contribution in [2.45, 2.75) is 82.5 Å². The van der Waals surface area contributed by atoms with Gasteiger partial charge in [0.15, 0.2) is 0 Å². The van der Waals surface area contributed by atoms with Gasteiger partial charge in [-0.05, 0) is 99.0 Å². The Hall–Kier alpha value is -5.85. The first-order valence-electron chi connectivity index (χ1n) is 21.9. The standard InChI is InChI=1S/C48H51ClFN9O4/c1-55-43-24-31(9-16-41(43)59(48(55)63)42-17-18-44(61)53-46(42)62)6-4-2-3-5-19-56-20-22-57(23-21-56)29-32-7-10-33(11-8-32)40-30-58(37-12-14-38(60)15-13-37)45-39(40)28-51-47(54-45)52-36-26-34(49)25-35(50)27-36/h7-11,16,24-28,30,37-38,42,60H,2-3,5,12-15,17-23,29H2,1H3,(H,51,52,54)(H,53,61,62). The van der Waals surface area contributed by atoms with Crippen LogP contribution in [0, 0.1) is 17.7 Å². The lowest BCUT2D eigenvalue weighted by molar-refractivity contribution is -0.135. The number of aromatic nitrogens is 5. The van der Waals surface area contributed by atoms with Crippen molar-refractivity contribution in [3.05, 3.63) is 106 Å². The second-order valence-corrected chi connectivity index (χ2v) is 17.5. The molecule has 0 radical (unpaired) electrons. The molecule has 3 aliphatic rings. The van der Waals surface area contributed by atoms with Crippen molar-refractivity contribution in [3.63, 3.8) is 0 Å². The number of fused-ring (bicyclic) bond motifs is 2. The fourth-order valence-electron chi connectivity index (χ4n) is 9.29. The van der Waals surface area contributed by atoms with Gasteiger partial charge >= 0.3 is 5.69 Å². The van der Waals surface area contributed by atoms with Gasteiger partial charge in [-0.1, -0.05) is 47.7 Å². The Morgan fingerprint density at radius 3 is 2.46 bits per heavy atom. The van der Waals surface area contributed by atoms with E-state index in [1.54, 1.807) is 13.1 Å². The van der Waals surface area contributed by atoms with Crippen LogP contribution in [0.2, 0.25) is 5.02 Å². The van der Waals surface area contributed by atoms with Crippen LogP contribution in [0.4, 0.5) is 16.0 Å². The average Bonchev–Trinajstić information content (AvgIpc) is 3.76. The van der Waals surface area contributed by atoms with Crippen molar-refractivity contribution in [1.29, 1.82) is 0 Å². The number of anilines is 2. The van der Waals surface area contributed by atoms with Gasteiger partial charge in [0.2, 0.25) is 17.8 Å². The highest BCUT2D eigenvalue weighted by atomic mass is 35.5. The maximum absolute atomic E-state index is 14.1. The maximum atomic E-state index is 14.1. The van der Waals surface area contributed by atoms with Gasteiger partial charge in [0.05, 0.1) is 17.1 Å². The number of benzene rings is 3. The second kappa shape index (κ2) is 18.5. The lowest BCUT2D eigenvalue weighted by atomic mass is 9.93. The van der Waals surface area contributed by atoms with E-state index in [0.717, 1.165) is 112 Å². The van der Waals surface area contributed by atoms with Gasteiger partial charge in [-0.15, -0.1) is 0 Å². The van der Waals surface area contributed by atoms with Crippen LogP contribution in [0.1, 0.15) is 81.0 Å². The van der Waals surface area contributed by atoms with Crippen molar-refractivity contribution in [1.82, 2.24) is 38.8 Å². The van der Waals surface area contributed by atoms with Gasteiger partial charge in [0, 0.05) is 98.3 Å². The number of nitrogens with zero attached hydrogens (tertiary/aromatic N) is 7. The predicted octanol–water partition coefficient (Wildman–Crippen LogP) is 7.08. The first kappa shape index (κ1) is 42.5. The maximum Gasteiger partial charge on any atom is 0.329 e.